The predicted molar refractivity (Wildman–Crippen MR) is 75.4 cm³/mol. The lowest BCUT2D eigenvalue weighted by Crippen LogP contribution is -2.57. The summed E-state index contributed by atoms with van der Waals surface area (Å²) in [5, 5.41) is 1.32. The Balaban J connectivity index is 4.96. The van der Waals surface area contributed by atoms with Gasteiger partial charge < -0.3 is 4.43 Å². The van der Waals surface area contributed by atoms with Crippen molar-refractivity contribution in [3.63, 3.8) is 0 Å². The lowest BCUT2D eigenvalue weighted by Gasteiger charge is -2.45. The quantitative estimate of drug-likeness (QED) is 0.653. The van der Waals surface area contributed by atoms with Gasteiger partial charge in [-0.2, -0.15) is 0 Å². The highest BCUT2D eigenvalue weighted by Crippen LogP contribution is 2.33. The van der Waals surface area contributed by atoms with E-state index in [1.165, 1.54) is 5.20 Å². The fourth-order valence-corrected chi connectivity index (χ4v) is 5.90. The Morgan fingerprint density at radius 1 is 1.20 bits per heavy atom. The number of rotatable bonds is 5. The molecule has 0 aromatic carbocycles. The number of hydrogen-bond donors (Lipinski definition) is 0. The molecule has 0 aromatic rings. The van der Waals surface area contributed by atoms with Crippen LogP contribution in [0, 0.1) is 0 Å². The molecular weight excluding hydrogens is 216 g/mol. The van der Waals surface area contributed by atoms with Gasteiger partial charge in [-0.15, -0.1) is 6.58 Å². The largest absolute Gasteiger partial charge is 0.411 e. The smallest absolute Gasteiger partial charge is 0.213 e. The summed E-state index contributed by atoms with van der Waals surface area (Å²) in [6.07, 6.45) is 1.10. The van der Waals surface area contributed by atoms with Crippen LogP contribution in [0.4, 0.5) is 0 Å². The minimum atomic E-state index is -1.71. The summed E-state index contributed by atoms with van der Waals surface area (Å²) in [6.45, 7) is 22.4. The van der Waals surface area contributed by atoms with Crippen LogP contribution in [0.2, 0.25) is 32.7 Å². The second kappa shape index (κ2) is 4.56. The highest BCUT2D eigenvalue weighted by atomic mass is 28.4. The molecule has 0 unspecified atom stereocenters. The highest BCUT2D eigenvalue weighted by Gasteiger charge is 2.43. The van der Waals surface area contributed by atoms with E-state index in [0.29, 0.717) is 0 Å². The summed E-state index contributed by atoms with van der Waals surface area (Å²) in [7, 11) is -3.00. The molecule has 0 aliphatic carbocycles. The Hall–Kier alpha value is 0.134. The maximum absolute atomic E-state index is 6.50. The lowest BCUT2D eigenvalue weighted by atomic mass is 10.3. The van der Waals surface area contributed by atoms with Crippen molar-refractivity contribution in [2.24, 2.45) is 0 Å². The third kappa shape index (κ3) is 3.57. The van der Waals surface area contributed by atoms with Crippen molar-refractivity contribution in [2.75, 3.05) is 0 Å². The van der Waals surface area contributed by atoms with Gasteiger partial charge in [0.25, 0.3) is 0 Å². The Labute approximate surface area is 98.1 Å². The second-order valence-corrected chi connectivity index (χ2v) is 15.9. The standard InChI is InChI=1S/C12H28OSi2/c1-10-12(4,14(5,6)7)13-15(8,9)11(2)3/h2,10H2,1,3-9H3/t12-/m0/s1. The summed E-state index contributed by atoms with van der Waals surface area (Å²) >= 11 is 0. The molecule has 0 rings (SSSR count). The molecule has 1 atom stereocenters. The maximum Gasteiger partial charge on any atom is 0.213 e. The van der Waals surface area contributed by atoms with Gasteiger partial charge in [0, 0.05) is 5.22 Å². The molecule has 0 saturated heterocycles. The number of hydrogen-bond acceptors (Lipinski definition) is 1. The summed E-state index contributed by atoms with van der Waals surface area (Å²) < 4.78 is 6.50. The molecule has 0 saturated carbocycles. The average Bonchev–Trinajstić information content (AvgIpc) is 2.01. The Morgan fingerprint density at radius 3 is 1.80 bits per heavy atom. The van der Waals surface area contributed by atoms with Crippen molar-refractivity contribution in [1.82, 2.24) is 0 Å². The average molecular weight is 245 g/mol. The first-order valence-electron chi connectivity index (χ1n) is 5.82. The first-order chi connectivity index (χ1) is 6.46. The van der Waals surface area contributed by atoms with Crippen LogP contribution in [-0.4, -0.2) is 21.6 Å². The van der Waals surface area contributed by atoms with Gasteiger partial charge in [-0.3, -0.25) is 0 Å². The fourth-order valence-electron chi connectivity index (χ4n) is 1.41. The van der Waals surface area contributed by atoms with Gasteiger partial charge in [-0.25, -0.2) is 0 Å². The van der Waals surface area contributed by atoms with Crippen molar-refractivity contribution >= 4 is 16.4 Å². The monoisotopic (exact) mass is 244 g/mol. The van der Waals surface area contributed by atoms with Crippen molar-refractivity contribution in [3.05, 3.63) is 11.8 Å². The molecule has 0 N–H and O–H groups in total. The molecule has 1 nitrogen and oxygen atoms in total. The summed E-state index contributed by atoms with van der Waals surface area (Å²) in [5.74, 6) is 0. The summed E-state index contributed by atoms with van der Waals surface area (Å²) in [6, 6.07) is 0. The molecular formula is C12H28OSi2. The van der Waals surface area contributed by atoms with Gasteiger partial charge in [-0.05, 0) is 33.4 Å². The van der Waals surface area contributed by atoms with Gasteiger partial charge in [0.15, 0.2) is 0 Å². The molecule has 0 fully saturated rings. The van der Waals surface area contributed by atoms with E-state index in [4.69, 9.17) is 4.43 Å². The molecule has 90 valence electrons. The molecule has 0 aliphatic rings. The second-order valence-electron chi connectivity index (χ2n) is 6.23. The Kier molecular flexibility index (Phi) is 4.60. The first-order valence-corrected chi connectivity index (χ1v) is 12.2. The highest BCUT2D eigenvalue weighted by molar-refractivity contribution is 6.82. The maximum atomic E-state index is 6.50. The third-order valence-electron chi connectivity index (χ3n) is 3.77. The topological polar surface area (TPSA) is 9.23 Å². The molecule has 0 heterocycles. The van der Waals surface area contributed by atoms with E-state index in [2.05, 4.69) is 60.1 Å². The van der Waals surface area contributed by atoms with Crippen molar-refractivity contribution in [1.29, 1.82) is 0 Å². The van der Waals surface area contributed by atoms with E-state index in [-0.39, 0.29) is 5.22 Å². The summed E-state index contributed by atoms with van der Waals surface area (Å²) in [4.78, 5) is 0. The van der Waals surface area contributed by atoms with Crippen LogP contribution in [0.1, 0.15) is 27.2 Å². The van der Waals surface area contributed by atoms with E-state index >= 15 is 0 Å². The zero-order chi connectivity index (χ0) is 12.5. The van der Waals surface area contributed by atoms with Crippen molar-refractivity contribution in [2.45, 2.75) is 65.2 Å². The molecule has 15 heavy (non-hydrogen) atoms. The van der Waals surface area contributed by atoms with E-state index < -0.39 is 16.4 Å². The zero-order valence-electron chi connectivity index (χ0n) is 11.8. The van der Waals surface area contributed by atoms with Crippen LogP contribution in [0.25, 0.3) is 0 Å². The van der Waals surface area contributed by atoms with Crippen LogP contribution >= 0.6 is 0 Å². The van der Waals surface area contributed by atoms with Crippen LogP contribution in [0.15, 0.2) is 11.8 Å². The van der Waals surface area contributed by atoms with Crippen LogP contribution < -0.4 is 0 Å². The lowest BCUT2D eigenvalue weighted by molar-refractivity contribution is 0.152. The van der Waals surface area contributed by atoms with Crippen LogP contribution in [-0.2, 0) is 4.43 Å². The first kappa shape index (κ1) is 15.1. The van der Waals surface area contributed by atoms with Crippen molar-refractivity contribution in [3.8, 4) is 0 Å². The molecule has 0 bridgehead atoms. The van der Waals surface area contributed by atoms with Gasteiger partial charge in [0.2, 0.25) is 8.32 Å². The van der Waals surface area contributed by atoms with E-state index in [1.54, 1.807) is 0 Å². The zero-order valence-corrected chi connectivity index (χ0v) is 13.8. The van der Waals surface area contributed by atoms with Crippen LogP contribution in [0.5, 0.6) is 0 Å². The molecule has 3 heteroatoms. The molecule has 0 aromatic heterocycles. The normalized spacial score (nSPS) is 17.3. The van der Waals surface area contributed by atoms with E-state index in [9.17, 15) is 0 Å². The number of allylic oxidation sites excluding steroid dienone is 1. The SMILES string of the molecule is C=C(C)[Si](C)(C)O[C@](C)(CC)[Si](C)(C)C. The molecule has 0 aliphatic heterocycles. The minimum Gasteiger partial charge on any atom is -0.411 e. The van der Waals surface area contributed by atoms with Crippen LogP contribution in [0.3, 0.4) is 0 Å². The van der Waals surface area contributed by atoms with Gasteiger partial charge in [0.1, 0.15) is 0 Å². The fraction of sp³-hybridized carbons (Fsp3) is 0.833. The Morgan fingerprint density at radius 2 is 1.60 bits per heavy atom. The predicted octanol–water partition coefficient (Wildman–Crippen LogP) is 4.37. The molecule has 0 radical (unpaired) electrons. The molecule has 0 spiro atoms. The summed E-state index contributed by atoms with van der Waals surface area (Å²) in [5.41, 5.74) is 0. The van der Waals surface area contributed by atoms with Crippen molar-refractivity contribution < 1.29 is 4.43 Å². The van der Waals surface area contributed by atoms with Gasteiger partial charge in [-0.1, -0.05) is 31.8 Å². The Bertz CT molecular complexity index is 240. The van der Waals surface area contributed by atoms with Gasteiger partial charge in [0.05, 0.1) is 8.07 Å². The minimum absolute atomic E-state index is 0.0850. The van der Waals surface area contributed by atoms with Gasteiger partial charge >= 0.3 is 0 Å². The van der Waals surface area contributed by atoms with E-state index in [1.807, 2.05) is 0 Å². The molecule has 0 amide bonds. The van der Waals surface area contributed by atoms with E-state index in [0.717, 1.165) is 6.42 Å². The third-order valence-corrected chi connectivity index (χ3v) is 10.6.